The summed E-state index contributed by atoms with van der Waals surface area (Å²) in [5.41, 5.74) is -1.15. The van der Waals surface area contributed by atoms with Crippen LogP contribution in [0.15, 0.2) is 157 Å². The number of nitrogens with zero attached hydrogens (tertiary/aromatic N) is 3. The van der Waals surface area contributed by atoms with Gasteiger partial charge in [0.25, 0.3) is 42.0 Å². The number of benzene rings is 6. The Morgan fingerprint density at radius 1 is 0.607 bits per heavy atom. The number of hydrogen-bond donors (Lipinski definition) is 4. The lowest BCUT2D eigenvalue weighted by Crippen LogP contribution is -2.22. The Morgan fingerprint density at radius 2 is 1.21 bits per heavy atom. The Hall–Kier alpha value is -7.78. The normalized spacial score (nSPS) is 13.8. The van der Waals surface area contributed by atoms with Gasteiger partial charge in [-0.15, -0.1) is 10.2 Å². The number of sulfone groups is 1. The molecule has 0 fully saturated rings. The van der Waals surface area contributed by atoms with Crippen molar-refractivity contribution in [2.24, 2.45) is 10.2 Å². The molecule has 1 unspecified atom stereocenters. The number of azo groups is 1. The van der Waals surface area contributed by atoms with E-state index in [4.69, 9.17) is 23.7 Å². The third-order valence-corrected chi connectivity index (χ3v) is 19.6. The number of non-ortho nitro benzene ring substituents is 1. The summed E-state index contributed by atoms with van der Waals surface area (Å²) in [6, 6.07) is 20.8. The molecule has 0 aliphatic carbocycles. The second kappa shape index (κ2) is 31.1. The number of phenolic OH excluding ortho intramolecular Hbond substituents is 1. The highest BCUT2D eigenvalue weighted by Crippen LogP contribution is 2.43. The van der Waals surface area contributed by atoms with E-state index in [9.17, 15) is 48.9 Å². The molecular weight excluding hydrogens is 1220 g/mol. The summed E-state index contributed by atoms with van der Waals surface area (Å²) in [4.78, 5) is 8.59. The zero-order valence-corrected chi connectivity index (χ0v) is 54.0. The molecule has 0 saturated carbocycles. The van der Waals surface area contributed by atoms with Crippen LogP contribution in [-0.4, -0.2) is 83.2 Å². The van der Waals surface area contributed by atoms with Crippen LogP contribution in [0, 0.1) is 10.1 Å². The zero-order valence-electron chi connectivity index (χ0n) is 50.8. The molecule has 6 aromatic carbocycles. The van der Waals surface area contributed by atoms with Crippen molar-refractivity contribution in [3.63, 3.8) is 0 Å². The first-order valence-corrected chi connectivity index (χ1v) is 35.7. The van der Waals surface area contributed by atoms with Gasteiger partial charge in [0.15, 0.2) is 15.6 Å². The number of methoxy groups -OCH3 is 1. The number of nitro benzene ring substituents is 1. The van der Waals surface area contributed by atoms with Gasteiger partial charge in [-0.3, -0.25) is 24.3 Å². The molecule has 480 valence electrons. The number of aromatic hydroxyl groups is 1. The summed E-state index contributed by atoms with van der Waals surface area (Å²) in [5.74, 6) is 0.0967. The predicted octanol–water partition coefficient (Wildman–Crippen LogP) is 14.7. The molecule has 26 heteroatoms. The summed E-state index contributed by atoms with van der Waals surface area (Å²) in [6.45, 7) is 8.53. The first kappa shape index (κ1) is 68.7. The van der Waals surface area contributed by atoms with Crippen LogP contribution in [0.25, 0.3) is 10.8 Å². The number of fused-ring (bicyclic) bond motifs is 1. The second-order valence-electron chi connectivity index (χ2n) is 22.4. The Kier molecular flexibility index (Phi) is 24.0. The van der Waals surface area contributed by atoms with E-state index in [0.29, 0.717) is 17.9 Å². The van der Waals surface area contributed by atoms with Crippen LogP contribution >= 0.6 is 0 Å². The van der Waals surface area contributed by atoms with Crippen LogP contribution in [0.2, 0.25) is 0 Å². The Bertz CT molecular complexity index is 4020. The first-order chi connectivity index (χ1) is 42.3. The maximum Gasteiger partial charge on any atom is 0.270 e. The van der Waals surface area contributed by atoms with Crippen molar-refractivity contribution in [3.05, 3.63) is 143 Å². The molecule has 0 saturated heterocycles. The van der Waals surface area contributed by atoms with Gasteiger partial charge < -0.3 is 28.8 Å². The van der Waals surface area contributed by atoms with E-state index >= 15 is 0 Å². The van der Waals surface area contributed by atoms with Crippen molar-refractivity contribution in [2.75, 3.05) is 47.4 Å². The molecule has 22 nitrogen and oxygen atoms in total. The van der Waals surface area contributed by atoms with E-state index in [2.05, 4.69) is 31.3 Å². The fourth-order valence-electron chi connectivity index (χ4n) is 9.69. The minimum atomic E-state index is -4.72. The number of sulfonamides is 3. The van der Waals surface area contributed by atoms with Crippen molar-refractivity contribution in [1.82, 2.24) is 0 Å². The van der Waals surface area contributed by atoms with Gasteiger partial charge in [-0.2, -0.15) is 0 Å². The topological polar surface area (TPSA) is 307 Å². The fourth-order valence-corrected chi connectivity index (χ4v) is 14.0. The average molecular weight is 1300 g/mol. The maximum absolute atomic E-state index is 14.9. The second-order valence-corrected chi connectivity index (χ2v) is 29.4. The lowest BCUT2D eigenvalue weighted by Gasteiger charge is -2.27. The summed E-state index contributed by atoms with van der Waals surface area (Å²) >= 11 is 0. The van der Waals surface area contributed by atoms with Gasteiger partial charge >= 0.3 is 0 Å². The van der Waals surface area contributed by atoms with Crippen LogP contribution in [0.1, 0.15) is 123 Å². The highest BCUT2D eigenvalue weighted by molar-refractivity contribution is 7.94. The van der Waals surface area contributed by atoms with Gasteiger partial charge in [-0.05, 0) is 90.7 Å². The van der Waals surface area contributed by atoms with Gasteiger partial charge in [0, 0.05) is 47.9 Å². The fraction of sp³-hybridized carbons (Fsp3) is 0.397. The van der Waals surface area contributed by atoms with E-state index < -0.39 is 81.8 Å². The highest BCUT2D eigenvalue weighted by Gasteiger charge is 2.30. The molecular formula is C63H78N6O16S4. The Morgan fingerprint density at radius 3 is 1.83 bits per heavy atom. The van der Waals surface area contributed by atoms with E-state index in [-0.39, 0.29) is 69.7 Å². The molecule has 1 heterocycles. The van der Waals surface area contributed by atoms with Crippen molar-refractivity contribution in [1.29, 1.82) is 0 Å². The minimum Gasteiger partial charge on any atom is -0.507 e. The monoisotopic (exact) mass is 1300 g/mol. The quantitative estimate of drug-likeness (QED) is 0.0124. The van der Waals surface area contributed by atoms with Gasteiger partial charge in [-0.25, -0.2) is 33.7 Å². The van der Waals surface area contributed by atoms with Gasteiger partial charge in [0.05, 0.1) is 56.9 Å². The standard InChI is InChI=1S/C63H78N6O16S4/c1-7-8-9-10-11-12-13-14-15-16-17-18-19-21-36-82-57-44-58(85-61-29-20-22-37-84-61)54(43-50(57)63(2,3)4)68-89(79,80)60-40-45(30-35-56(60)83-39-38-81-5)66-87(75,76)47-25-23-26-48(42-47)88(77,78)67-53-28-24-27-49-55(70)34-33-52(62(49)53)65-64-51-32-31-46(69(71)72)41-59(51)86(6,73)74/h20,22-35,37,40-44,61,66-68,70H,7-19,21,36,38-39H2,1-6H3. The van der Waals surface area contributed by atoms with Crippen molar-refractivity contribution in [2.45, 2.75) is 149 Å². The number of ether oxygens (including phenoxy) is 5. The van der Waals surface area contributed by atoms with Gasteiger partial charge in [0.1, 0.15) is 39.3 Å². The molecule has 1 atom stereocenters. The molecule has 4 N–H and O–H groups in total. The summed E-state index contributed by atoms with van der Waals surface area (Å²) < 4.78 is 149. The predicted molar refractivity (Wildman–Crippen MR) is 343 cm³/mol. The van der Waals surface area contributed by atoms with Gasteiger partial charge in [-0.1, -0.05) is 135 Å². The van der Waals surface area contributed by atoms with Crippen molar-refractivity contribution < 1.29 is 67.4 Å². The largest absolute Gasteiger partial charge is 0.507 e. The van der Waals surface area contributed by atoms with Crippen LogP contribution < -0.4 is 28.4 Å². The molecule has 89 heavy (non-hydrogen) atoms. The minimum absolute atomic E-state index is 0.00852. The third-order valence-electron chi connectivity index (χ3n) is 14.3. The number of nitro groups is 1. The molecule has 0 radical (unpaired) electrons. The smallest absolute Gasteiger partial charge is 0.270 e. The highest BCUT2D eigenvalue weighted by atomic mass is 32.2. The number of nitrogens with one attached hydrogen (secondary N) is 3. The molecule has 1 aliphatic heterocycles. The van der Waals surface area contributed by atoms with Crippen LogP contribution in [0.3, 0.4) is 0 Å². The zero-order chi connectivity index (χ0) is 64.4. The summed E-state index contributed by atoms with van der Waals surface area (Å²) in [6.07, 6.45) is 23.4. The summed E-state index contributed by atoms with van der Waals surface area (Å²) in [7, 11) is -16.8. The molecule has 6 aromatic rings. The molecule has 0 spiro atoms. The van der Waals surface area contributed by atoms with E-state index in [1.807, 2.05) is 20.8 Å². The average Bonchev–Trinajstić information content (AvgIpc) is 1.37. The van der Waals surface area contributed by atoms with Crippen LogP contribution in [0.4, 0.5) is 34.1 Å². The number of allylic oxidation sites excluding steroid dienone is 2. The van der Waals surface area contributed by atoms with Crippen LogP contribution in [0.5, 0.6) is 23.0 Å². The van der Waals surface area contributed by atoms with E-state index in [1.54, 1.807) is 30.4 Å². The molecule has 0 amide bonds. The molecule has 1 aliphatic rings. The first-order valence-electron chi connectivity index (χ1n) is 29.4. The van der Waals surface area contributed by atoms with Crippen LogP contribution in [-0.2, 0) is 54.8 Å². The number of hydrogen-bond acceptors (Lipinski definition) is 18. The van der Waals surface area contributed by atoms with Crippen molar-refractivity contribution in [3.8, 4) is 23.0 Å². The van der Waals surface area contributed by atoms with E-state index in [0.717, 1.165) is 74.4 Å². The maximum atomic E-state index is 14.9. The molecule has 0 bridgehead atoms. The van der Waals surface area contributed by atoms with E-state index in [1.165, 1.54) is 126 Å². The molecule has 0 aromatic heterocycles. The third kappa shape index (κ3) is 19.4. The van der Waals surface area contributed by atoms with Crippen molar-refractivity contribution >= 4 is 84.8 Å². The number of rotatable bonds is 35. The summed E-state index contributed by atoms with van der Waals surface area (Å²) in [5, 5.41) is 30.6. The lowest BCUT2D eigenvalue weighted by molar-refractivity contribution is -0.385. The number of unbranched alkanes of at least 4 members (excludes halogenated alkanes) is 13. The Balaban J connectivity index is 1.12. The van der Waals surface area contributed by atoms with Gasteiger partial charge in [0.2, 0.25) is 0 Å². The number of phenols is 1. The SMILES string of the molecule is CCCCCCCCCCCCCCCCOc1cc(OC2C=CC=CO2)c(NS(=O)(=O)c2cc(NS(=O)(=O)c3cccc(S(=O)(=O)Nc4cccc5c(O)ccc(N=Nc6ccc([N+](=O)[O-])cc6S(C)(=O)=O)c45)c3)ccc2OCCOC)cc1C(C)(C)C. The lowest BCUT2D eigenvalue weighted by atomic mass is 9.86. The molecule has 7 rings (SSSR count). The number of anilines is 3. The Labute approximate surface area is 522 Å².